The first-order valence-electron chi connectivity index (χ1n) is 5.69. The molecule has 94 valence electrons. The van der Waals surface area contributed by atoms with Crippen molar-refractivity contribution in [3.05, 3.63) is 64.2 Å². The first kappa shape index (κ1) is 13.0. The second kappa shape index (κ2) is 5.46. The quantitative estimate of drug-likeness (QED) is 0.923. The molecular formula is C14H14ClFN2. The molecule has 1 heterocycles. The van der Waals surface area contributed by atoms with E-state index < -0.39 is 0 Å². The van der Waals surface area contributed by atoms with Crippen LogP contribution in [0.3, 0.4) is 0 Å². The van der Waals surface area contributed by atoms with Crippen LogP contribution in [-0.2, 0) is 6.42 Å². The number of hydrogen-bond acceptors (Lipinski definition) is 2. The lowest BCUT2D eigenvalue weighted by molar-refractivity contribution is 0.589. The van der Waals surface area contributed by atoms with Gasteiger partial charge in [-0.3, -0.25) is 4.98 Å². The predicted octanol–water partition coefficient (Wildman–Crippen LogP) is 3.43. The minimum atomic E-state index is -0.361. The van der Waals surface area contributed by atoms with Crippen LogP contribution in [0.4, 0.5) is 4.39 Å². The van der Waals surface area contributed by atoms with E-state index in [9.17, 15) is 4.39 Å². The molecule has 0 aliphatic heterocycles. The molecule has 0 saturated heterocycles. The van der Waals surface area contributed by atoms with Crippen molar-refractivity contribution in [3.8, 4) is 0 Å². The molecule has 4 heteroatoms. The molecule has 0 amide bonds. The molecule has 2 N–H and O–H groups in total. The standard InChI is InChI=1S/C14H14ClFN2/c1-9-4-3-7-18-14(9)13(17)8-10-11(15)5-2-6-12(10)16/h2-7,13H,8,17H2,1H3. The fraction of sp³-hybridized carbons (Fsp3) is 0.214. The van der Waals surface area contributed by atoms with Gasteiger partial charge in [0, 0.05) is 16.8 Å². The molecule has 0 aliphatic rings. The Morgan fingerprint density at radius 2 is 2.11 bits per heavy atom. The SMILES string of the molecule is Cc1cccnc1C(N)Cc1c(F)cccc1Cl. The number of nitrogens with two attached hydrogens (primary N) is 1. The first-order valence-corrected chi connectivity index (χ1v) is 6.07. The highest BCUT2D eigenvalue weighted by Gasteiger charge is 2.15. The molecule has 2 rings (SSSR count). The Morgan fingerprint density at radius 3 is 2.78 bits per heavy atom. The number of halogens is 2. The van der Waals surface area contributed by atoms with E-state index in [-0.39, 0.29) is 11.9 Å². The van der Waals surface area contributed by atoms with Crippen LogP contribution in [0.25, 0.3) is 0 Å². The van der Waals surface area contributed by atoms with Gasteiger partial charge in [0.1, 0.15) is 5.82 Å². The highest BCUT2D eigenvalue weighted by atomic mass is 35.5. The Balaban J connectivity index is 2.27. The molecule has 18 heavy (non-hydrogen) atoms. The molecule has 1 atom stereocenters. The fourth-order valence-corrected chi connectivity index (χ4v) is 2.17. The van der Waals surface area contributed by atoms with E-state index in [1.807, 2.05) is 19.1 Å². The summed E-state index contributed by atoms with van der Waals surface area (Å²) in [5, 5.41) is 0.402. The molecule has 0 saturated carbocycles. The topological polar surface area (TPSA) is 38.9 Å². The van der Waals surface area contributed by atoms with Gasteiger partial charge in [-0.2, -0.15) is 0 Å². The number of rotatable bonds is 3. The average Bonchev–Trinajstić information content (AvgIpc) is 2.34. The third-order valence-corrected chi connectivity index (χ3v) is 3.24. The summed E-state index contributed by atoms with van der Waals surface area (Å²) in [5.74, 6) is -0.327. The number of aryl methyl sites for hydroxylation is 1. The molecule has 1 aromatic carbocycles. The van der Waals surface area contributed by atoms with E-state index in [0.29, 0.717) is 17.0 Å². The molecule has 2 nitrogen and oxygen atoms in total. The lowest BCUT2D eigenvalue weighted by Gasteiger charge is -2.14. The molecule has 1 unspecified atom stereocenters. The third-order valence-electron chi connectivity index (χ3n) is 2.89. The molecule has 0 radical (unpaired) electrons. The summed E-state index contributed by atoms with van der Waals surface area (Å²) in [5.41, 5.74) is 8.29. The lowest BCUT2D eigenvalue weighted by atomic mass is 10.0. The Kier molecular flexibility index (Phi) is 3.94. The summed E-state index contributed by atoms with van der Waals surface area (Å²) in [7, 11) is 0. The number of benzene rings is 1. The minimum Gasteiger partial charge on any atom is -0.322 e. The van der Waals surface area contributed by atoms with E-state index in [0.717, 1.165) is 11.3 Å². The van der Waals surface area contributed by atoms with Gasteiger partial charge in [0.15, 0.2) is 0 Å². The van der Waals surface area contributed by atoms with Gasteiger partial charge in [-0.05, 0) is 37.1 Å². The van der Waals surface area contributed by atoms with Gasteiger partial charge in [0.25, 0.3) is 0 Å². The summed E-state index contributed by atoms with van der Waals surface area (Å²) < 4.78 is 13.7. The molecule has 0 spiro atoms. The van der Waals surface area contributed by atoms with Crippen LogP contribution < -0.4 is 5.73 Å². The molecule has 0 fully saturated rings. The maximum atomic E-state index is 13.7. The van der Waals surface area contributed by atoms with Crippen LogP contribution >= 0.6 is 11.6 Å². The van der Waals surface area contributed by atoms with Crippen molar-refractivity contribution >= 4 is 11.6 Å². The summed E-state index contributed by atoms with van der Waals surface area (Å²) >= 11 is 5.98. The summed E-state index contributed by atoms with van der Waals surface area (Å²) in [6, 6.07) is 8.06. The Morgan fingerprint density at radius 1 is 1.33 bits per heavy atom. The first-order chi connectivity index (χ1) is 8.59. The van der Waals surface area contributed by atoms with E-state index in [1.54, 1.807) is 18.3 Å². The van der Waals surface area contributed by atoms with Gasteiger partial charge in [-0.25, -0.2) is 4.39 Å². The molecule has 0 bridgehead atoms. The largest absolute Gasteiger partial charge is 0.322 e. The highest BCUT2D eigenvalue weighted by molar-refractivity contribution is 6.31. The monoisotopic (exact) mass is 264 g/mol. The van der Waals surface area contributed by atoms with E-state index in [2.05, 4.69) is 4.98 Å². The Labute approximate surface area is 111 Å². The Hall–Kier alpha value is -1.45. The number of aromatic nitrogens is 1. The minimum absolute atomic E-state index is 0.327. The van der Waals surface area contributed by atoms with Crippen molar-refractivity contribution in [1.29, 1.82) is 0 Å². The zero-order valence-electron chi connectivity index (χ0n) is 10.0. The van der Waals surface area contributed by atoms with Crippen LogP contribution in [0.5, 0.6) is 0 Å². The van der Waals surface area contributed by atoms with Crippen LogP contribution in [0.2, 0.25) is 5.02 Å². The summed E-state index contributed by atoms with van der Waals surface area (Å²) in [4.78, 5) is 4.24. The third kappa shape index (κ3) is 2.68. The molecule has 2 aromatic rings. The van der Waals surface area contributed by atoms with Crippen molar-refractivity contribution in [2.24, 2.45) is 5.73 Å². The van der Waals surface area contributed by atoms with Gasteiger partial charge in [-0.1, -0.05) is 23.7 Å². The van der Waals surface area contributed by atoms with Crippen molar-refractivity contribution < 1.29 is 4.39 Å². The van der Waals surface area contributed by atoms with Gasteiger partial charge in [0.2, 0.25) is 0 Å². The fourth-order valence-electron chi connectivity index (χ4n) is 1.93. The molecule has 0 aliphatic carbocycles. The van der Waals surface area contributed by atoms with Crippen LogP contribution in [0, 0.1) is 12.7 Å². The average molecular weight is 265 g/mol. The lowest BCUT2D eigenvalue weighted by Crippen LogP contribution is -2.17. The van der Waals surface area contributed by atoms with E-state index in [1.165, 1.54) is 6.07 Å². The van der Waals surface area contributed by atoms with Crippen LogP contribution in [0.1, 0.15) is 22.9 Å². The smallest absolute Gasteiger partial charge is 0.127 e. The zero-order chi connectivity index (χ0) is 13.1. The Bertz CT molecular complexity index is 537. The normalized spacial score (nSPS) is 12.4. The van der Waals surface area contributed by atoms with E-state index >= 15 is 0 Å². The van der Waals surface area contributed by atoms with Crippen molar-refractivity contribution in [3.63, 3.8) is 0 Å². The zero-order valence-corrected chi connectivity index (χ0v) is 10.8. The highest BCUT2D eigenvalue weighted by Crippen LogP contribution is 2.24. The van der Waals surface area contributed by atoms with Gasteiger partial charge in [-0.15, -0.1) is 0 Å². The second-order valence-corrected chi connectivity index (χ2v) is 4.62. The maximum absolute atomic E-state index is 13.7. The van der Waals surface area contributed by atoms with Crippen LogP contribution in [-0.4, -0.2) is 4.98 Å². The van der Waals surface area contributed by atoms with Gasteiger partial charge >= 0.3 is 0 Å². The van der Waals surface area contributed by atoms with Gasteiger partial charge < -0.3 is 5.73 Å². The van der Waals surface area contributed by atoms with Crippen molar-refractivity contribution in [1.82, 2.24) is 4.98 Å². The van der Waals surface area contributed by atoms with E-state index in [4.69, 9.17) is 17.3 Å². The maximum Gasteiger partial charge on any atom is 0.127 e. The number of nitrogens with zero attached hydrogens (tertiary/aromatic N) is 1. The number of hydrogen-bond donors (Lipinski definition) is 1. The van der Waals surface area contributed by atoms with Crippen molar-refractivity contribution in [2.75, 3.05) is 0 Å². The second-order valence-electron chi connectivity index (χ2n) is 4.22. The predicted molar refractivity (Wildman–Crippen MR) is 71.0 cm³/mol. The van der Waals surface area contributed by atoms with Crippen LogP contribution in [0.15, 0.2) is 36.5 Å². The summed E-state index contributed by atoms with van der Waals surface area (Å²) in [6.07, 6.45) is 2.02. The number of pyridine rings is 1. The molecule has 1 aromatic heterocycles. The van der Waals surface area contributed by atoms with Crippen molar-refractivity contribution in [2.45, 2.75) is 19.4 Å². The van der Waals surface area contributed by atoms with Gasteiger partial charge in [0.05, 0.1) is 11.7 Å². The molecular weight excluding hydrogens is 251 g/mol. The summed E-state index contributed by atoms with van der Waals surface area (Å²) in [6.45, 7) is 1.94.